The van der Waals surface area contributed by atoms with E-state index in [0.717, 1.165) is 0 Å². The van der Waals surface area contributed by atoms with Crippen molar-refractivity contribution in [1.29, 1.82) is 0 Å². The van der Waals surface area contributed by atoms with Crippen LogP contribution in [-0.4, -0.2) is 24.7 Å². The topological polar surface area (TPSA) is 76.7 Å². The maximum absolute atomic E-state index is 11.4. The van der Waals surface area contributed by atoms with Gasteiger partial charge in [-0.3, -0.25) is 10.1 Å². The molecular weight excluding hydrogens is 236 g/mol. The smallest absolute Gasteiger partial charge is 0.411 e. The van der Waals surface area contributed by atoms with Crippen LogP contribution in [0.4, 0.5) is 16.2 Å². The minimum Gasteiger partial charge on any atom is -0.479 e. The van der Waals surface area contributed by atoms with Gasteiger partial charge >= 0.3 is 6.09 Å². The largest absolute Gasteiger partial charge is 0.479 e. The molecule has 96 valence electrons. The summed E-state index contributed by atoms with van der Waals surface area (Å²) in [5.41, 5.74) is 1.07. The van der Waals surface area contributed by atoms with Gasteiger partial charge in [-0.15, -0.1) is 0 Å². The minimum absolute atomic E-state index is 0.212. The molecule has 0 saturated carbocycles. The molecule has 2 N–H and O–H groups in total. The number of carbonyl (C=O) groups is 2. The Bertz CT molecular complexity index is 487. The first-order chi connectivity index (χ1) is 8.60. The maximum atomic E-state index is 11.4. The van der Waals surface area contributed by atoms with Crippen molar-refractivity contribution >= 4 is 23.4 Å². The predicted octanol–water partition coefficient (Wildman–Crippen LogP) is 1.97. The summed E-state index contributed by atoms with van der Waals surface area (Å²) in [5, 5.41) is 5.25. The van der Waals surface area contributed by atoms with Crippen LogP contribution in [0.25, 0.3) is 0 Å². The Labute approximate surface area is 104 Å². The van der Waals surface area contributed by atoms with E-state index in [9.17, 15) is 9.59 Å². The van der Waals surface area contributed by atoms with E-state index < -0.39 is 12.2 Å². The van der Waals surface area contributed by atoms with Crippen LogP contribution in [0.15, 0.2) is 18.2 Å². The molecule has 2 amide bonds. The van der Waals surface area contributed by atoms with Crippen LogP contribution >= 0.6 is 0 Å². The van der Waals surface area contributed by atoms with Crippen LogP contribution in [0.5, 0.6) is 5.75 Å². The first kappa shape index (κ1) is 12.2. The molecule has 0 aromatic heterocycles. The van der Waals surface area contributed by atoms with E-state index in [1.165, 1.54) is 0 Å². The second-order valence-electron chi connectivity index (χ2n) is 3.81. The molecular formula is C12H14N2O4. The number of ether oxygens (including phenoxy) is 2. The van der Waals surface area contributed by atoms with Gasteiger partial charge in [0, 0.05) is 5.69 Å². The standard InChI is InChI=1S/C12H14N2O4/c1-3-17-12(16)13-8-4-5-10-9(6-8)14-11(15)7(2)18-10/h4-7H,3H2,1-2H3,(H,13,16)(H,14,15). The molecule has 1 atom stereocenters. The van der Waals surface area contributed by atoms with E-state index >= 15 is 0 Å². The summed E-state index contributed by atoms with van der Waals surface area (Å²) in [7, 11) is 0. The second kappa shape index (κ2) is 4.95. The normalized spacial score (nSPS) is 17.2. The Hall–Kier alpha value is -2.24. The quantitative estimate of drug-likeness (QED) is 0.841. The van der Waals surface area contributed by atoms with Gasteiger partial charge in [-0.2, -0.15) is 0 Å². The molecule has 0 saturated heterocycles. The molecule has 2 rings (SSSR count). The third kappa shape index (κ3) is 2.53. The molecule has 0 radical (unpaired) electrons. The monoisotopic (exact) mass is 250 g/mol. The molecule has 1 aliphatic heterocycles. The van der Waals surface area contributed by atoms with Gasteiger partial charge in [0.05, 0.1) is 12.3 Å². The molecule has 6 heteroatoms. The summed E-state index contributed by atoms with van der Waals surface area (Å²) in [6.45, 7) is 3.69. The van der Waals surface area contributed by atoms with E-state index in [1.807, 2.05) is 0 Å². The van der Waals surface area contributed by atoms with Crippen molar-refractivity contribution in [3.8, 4) is 5.75 Å². The highest BCUT2D eigenvalue weighted by atomic mass is 16.5. The van der Waals surface area contributed by atoms with E-state index in [1.54, 1.807) is 32.0 Å². The van der Waals surface area contributed by atoms with Crippen molar-refractivity contribution in [3.63, 3.8) is 0 Å². The minimum atomic E-state index is -0.533. The van der Waals surface area contributed by atoms with E-state index in [-0.39, 0.29) is 5.91 Å². The lowest BCUT2D eigenvalue weighted by molar-refractivity contribution is -0.122. The van der Waals surface area contributed by atoms with Crippen molar-refractivity contribution in [2.45, 2.75) is 20.0 Å². The van der Waals surface area contributed by atoms with Crippen LogP contribution in [-0.2, 0) is 9.53 Å². The summed E-state index contributed by atoms with van der Waals surface area (Å²) >= 11 is 0. The van der Waals surface area contributed by atoms with Crippen LogP contribution in [0.1, 0.15) is 13.8 Å². The number of anilines is 2. The molecule has 0 bridgehead atoms. The number of nitrogens with one attached hydrogen (secondary N) is 2. The maximum Gasteiger partial charge on any atom is 0.411 e. The molecule has 1 aliphatic rings. The molecule has 18 heavy (non-hydrogen) atoms. The highest BCUT2D eigenvalue weighted by molar-refractivity contribution is 5.98. The number of amides is 2. The van der Waals surface area contributed by atoms with Gasteiger partial charge in [-0.25, -0.2) is 4.79 Å². The van der Waals surface area contributed by atoms with Gasteiger partial charge in [0.25, 0.3) is 5.91 Å². The lowest BCUT2D eigenvalue weighted by Crippen LogP contribution is -2.34. The van der Waals surface area contributed by atoms with Crippen LogP contribution in [0, 0.1) is 0 Å². The molecule has 0 aliphatic carbocycles. The number of fused-ring (bicyclic) bond motifs is 1. The van der Waals surface area contributed by atoms with Crippen molar-refractivity contribution in [3.05, 3.63) is 18.2 Å². The van der Waals surface area contributed by atoms with Crippen LogP contribution in [0.2, 0.25) is 0 Å². The van der Waals surface area contributed by atoms with Gasteiger partial charge in [0.15, 0.2) is 6.10 Å². The van der Waals surface area contributed by atoms with Gasteiger partial charge in [-0.05, 0) is 32.0 Å². The number of benzene rings is 1. The molecule has 1 aromatic carbocycles. The third-order valence-electron chi connectivity index (χ3n) is 2.43. The zero-order valence-corrected chi connectivity index (χ0v) is 10.1. The lowest BCUT2D eigenvalue weighted by atomic mass is 10.2. The van der Waals surface area contributed by atoms with Gasteiger partial charge in [0.2, 0.25) is 0 Å². The van der Waals surface area contributed by atoms with Crippen LogP contribution in [0.3, 0.4) is 0 Å². The Morgan fingerprint density at radius 2 is 2.33 bits per heavy atom. The number of hydrogen-bond acceptors (Lipinski definition) is 4. The first-order valence-electron chi connectivity index (χ1n) is 5.65. The summed E-state index contributed by atoms with van der Waals surface area (Å²) in [6.07, 6.45) is -1.05. The fourth-order valence-electron chi connectivity index (χ4n) is 1.57. The average Bonchev–Trinajstić information content (AvgIpc) is 2.31. The Morgan fingerprint density at radius 3 is 3.06 bits per heavy atom. The van der Waals surface area contributed by atoms with Crippen LogP contribution < -0.4 is 15.4 Å². The summed E-state index contributed by atoms with van der Waals surface area (Å²) in [6, 6.07) is 4.99. The zero-order chi connectivity index (χ0) is 13.1. The summed E-state index contributed by atoms with van der Waals surface area (Å²) in [4.78, 5) is 22.7. The number of rotatable bonds is 2. The van der Waals surface area contributed by atoms with Crippen molar-refractivity contribution in [2.24, 2.45) is 0 Å². The molecule has 1 heterocycles. The average molecular weight is 250 g/mol. The molecule has 6 nitrogen and oxygen atoms in total. The SMILES string of the molecule is CCOC(=O)Nc1ccc2c(c1)NC(=O)C(C)O2. The van der Waals surface area contributed by atoms with Crippen molar-refractivity contribution < 1.29 is 19.1 Å². The highest BCUT2D eigenvalue weighted by Crippen LogP contribution is 2.32. The molecule has 0 fully saturated rings. The lowest BCUT2D eigenvalue weighted by Gasteiger charge is -2.23. The number of hydrogen-bond donors (Lipinski definition) is 2. The third-order valence-corrected chi connectivity index (χ3v) is 2.43. The molecule has 1 unspecified atom stereocenters. The second-order valence-corrected chi connectivity index (χ2v) is 3.81. The van der Waals surface area contributed by atoms with Crippen molar-refractivity contribution in [1.82, 2.24) is 0 Å². The summed E-state index contributed by atoms with van der Waals surface area (Å²) < 4.78 is 10.2. The fraction of sp³-hybridized carbons (Fsp3) is 0.333. The van der Waals surface area contributed by atoms with Gasteiger partial charge < -0.3 is 14.8 Å². The molecule has 0 spiro atoms. The highest BCUT2D eigenvalue weighted by Gasteiger charge is 2.23. The fourth-order valence-corrected chi connectivity index (χ4v) is 1.57. The number of carbonyl (C=O) groups excluding carboxylic acids is 2. The van der Waals surface area contributed by atoms with E-state index in [0.29, 0.717) is 23.7 Å². The Morgan fingerprint density at radius 1 is 1.56 bits per heavy atom. The van der Waals surface area contributed by atoms with E-state index in [2.05, 4.69) is 10.6 Å². The Kier molecular flexibility index (Phi) is 3.36. The summed E-state index contributed by atoms with van der Waals surface area (Å²) in [5.74, 6) is 0.368. The Balaban J connectivity index is 2.15. The predicted molar refractivity (Wildman–Crippen MR) is 65.8 cm³/mol. The van der Waals surface area contributed by atoms with Crippen molar-refractivity contribution in [2.75, 3.05) is 17.2 Å². The van der Waals surface area contributed by atoms with Gasteiger partial charge in [0.1, 0.15) is 5.75 Å². The molecule has 1 aromatic rings. The zero-order valence-electron chi connectivity index (χ0n) is 10.1. The van der Waals surface area contributed by atoms with E-state index in [4.69, 9.17) is 9.47 Å². The van der Waals surface area contributed by atoms with Gasteiger partial charge in [-0.1, -0.05) is 0 Å². The first-order valence-corrected chi connectivity index (χ1v) is 5.65.